The Bertz CT molecular complexity index is 1320. The first kappa shape index (κ1) is 23.7. The van der Waals surface area contributed by atoms with Crippen molar-refractivity contribution in [2.24, 2.45) is 5.92 Å². The van der Waals surface area contributed by atoms with Gasteiger partial charge in [0.15, 0.2) is 0 Å². The van der Waals surface area contributed by atoms with Crippen molar-refractivity contribution >= 4 is 15.9 Å². The molecule has 1 amide bonds. The summed E-state index contributed by atoms with van der Waals surface area (Å²) < 4.78 is 33.5. The van der Waals surface area contributed by atoms with Gasteiger partial charge in [0, 0.05) is 25.2 Å². The SMILES string of the molecule is Cc1ccc(S(=O)(=O)N2CCC[C@@H](C(=O)N3CCC[C@@H]3c3nc(-c4ccccc4C)no3)C2)cc1. The van der Waals surface area contributed by atoms with Crippen molar-refractivity contribution in [3.05, 3.63) is 65.5 Å². The molecular formula is C26H30N4O4S. The van der Waals surface area contributed by atoms with E-state index in [1.54, 1.807) is 24.3 Å². The lowest BCUT2D eigenvalue weighted by atomic mass is 9.97. The lowest BCUT2D eigenvalue weighted by molar-refractivity contribution is -0.138. The number of piperidine rings is 1. The van der Waals surface area contributed by atoms with Crippen LogP contribution in [0.5, 0.6) is 0 Å². The molecule has 5 rings (SSSR count). The molecule has 35 heavy (non-hydrogen) atoms. The molecule has 0 radical (unpaired) electrons. The number of sulfonamides is 1. The van der Waals surface area contributed by atoms with Crippen LogP contribution < -0.4 is 0 Å². The first-order chi connectivity index (χ1) is 16.8. The molecular weight excluding hydrogens is 464 g/mol. The Hall–Kier alpha value is -3.04. The van der Waals surface area contributed by atoms with E-state index in [0.29, 0.717) is 37.6 Å². The molecule has 0 unspecified atom stereocenters. The number of carbonyl (C=O) groups excluding carboxylic acids is 1. The van der Waals surface area contributed by atoms with Crippen molar-refractivity contribution in [3.63, 3.8) is 0 Å². The molecule has 3 aromatic rings. The quantitative estimate of drug-likeness (QED) is 0.529. The van der Waals surface area contributed by atoms with Crippen molar-refractivity contribution in [3.8, 4) is 11.4 Å². The average Bonchev–Trinajstić information content (AvgIpc) is 3.54. The summed E-state index contributed by atoms with van der Waals surface area (Å²) in [6, 6.07) is 14.4. The summed E-state index contributed by atoms with van der Waals surface area (Å²) in [4.78, 5) is 20.3. The number of hydrogen-bond donors (Lipinski definition) is 0. The molecule has 0 aliphatic carbocycles. The highest BCUT2D eigenvalue weighted by molar-refractivity contribution is 7.89. The van der Waals surface area contributed by atoms with Gasteiger partial charge in [-0.1, -0.05) is 47.1 Å². The predicted molar refractivity (Wildman–Crippen MR) is 131 cm³/mol. The predicted octanol–water partition coefficient (Wildman–Crippen LogP) is 4.12. The van der Waals surface area contributed by atoms with Gasteiger partial charge in [-0.3, -0.25) is 4.79 Å². The van der Waals surface area contributed by atoms with Gasteiger partial charge in [0.05, 0.1) is 10.8 Å². The summed E-state index contributed by atoms with van der Waals surface area (Å²) >= 11 is 0. The molecule has 2 saturated heterocycles. The second-order valence-electron chi connectivity index (χ2n) is 9.48. The van der Waals surface area contributed by atoms with Crippen LogP contribution in [0, 0.1) is 19.8 Å². The largest absolute Gasteiger partial charge is 0.337 e. The Labute approximate surface area is 206 Å². The van der Waals surface area contributed by atoms with E-state index in [4.69, 9.17) is 4.52 Å². The molecule has 2 aromatic carbocycles. The Morgan fingerprint density at radius 2 is 1.74 bits per heavy atom. The summed E-state index contributed by atoms with van der Waals surface area (Å²) in [6.07, 6.45) is 2.91. The fourth-order valence-electron chi connectivity index (χ4n) is 5.05. The zero-order valence-corrected chi connectivity index (χ0v) is 20.9. The standard InChI is InChI=1S/C26H30N4O4S/c1-18-11-13-21(14-12-18)35(32,33)29-15-5-8-20(17-29)26(31)30-16-6-10-23(30)25-27-24(28-34-25)22-9-4-3-7-19(22)2/h3-4,7,9,11-14,20,23H,5-6,8,10,15-17H2,1-2H3/t20-,23-/m1/s1. The van der Waals surface area contributed by atoms with E-state index in [2.05, 4.69) is 10.1 Å². The van der Waals surface area contributed by atoms with Crippen molar-refractivity contribution < 1.29 is 17.7 Å². The summed E-state index contributed by atoms with van der Waals surface area (Å²) in [6.45, 7) is 5.14. The molecule has 0 N–H and O–H groups in total. The lowest BCUT2D eigenvalue weighted by Crippen LogP contribution is -2.46. The Balaban J connectivity index is 1.32. The van der Waals surface area contributed by atoms with Gasteiger partial charge in [0.1, 0.15) is 6.04 Å². The van der Waals surface area contributed by atoms with Crippen molar-refractivity contribution in [1.29, 1.82) is 0 Å². The normalized spacial score (nSPS) is 21.4. The van der Waals surface area contributed by atoms with Crippen LogP contribution in [0.15, 0.2) is 57.9 Å². The number of likely N-dealkylation sites (tertiary alicyclic amines) is 1. The van der Waals surface area contributed by atoms with Crippen LogP contribution in [-0.2, 0) is 14.8 Å². The van der Waals surface area contributed by atoms with Gasteiger partial charge in [0.2, 0.25) is 27.6 Å². The molecule has 9 heteroatoms. The molecule has 0 saturated carbocycles. The molecule has 3 heterocycles. The molecule has 184 valence electrons. The molecule has 0 spiro atoms. The van der Waals surface area contributed by atoms with E-state index in [1.165, 1.54) is 4.31 Å². The van der Waals surface area contributed by atoms with Crippen LogP contribution in [0.1, 0.15) is 48.7 Å². The van der Waals surface area contributed by atoms with E-state index in [-0.39, 0.29) is 29.3 Å². The molecule has 2 fully saturated rings. The monoisotopic (exact) mass is 494 g/mol. The minimum Gasteiger partial charge on any atom is -0.337 e. The second kappa shape index (κ2) is 9.54. The Morgan fingerprint density at radius 1 is 1.00 bits per heavy atom. The first-order valence-corrected chi connectivity index (χ1v) is 13.6. The highest BCUT2D eigenvalue weighted by Crippen LogP contribution is 2.35. The van der Waals surface area contributed by atoms with Gasteiger partial charge in [-0.15, -0.1) is 0 Å². The van der Waals surface area contributed by atoms with Crippen LogP contribution in [0.4, 0.5) is 0 Å². The highest BCUT2D eigenvalue weighted by atomic mass is 32.2. The molecule has 2 aliphatic heterocycles. The van der Waals surface area contributed by atoms with Gasteiger partial charge in [-0.25, -0.2) is 8.42 Å². The number of amides is 1. The number of rotatable bonds is 5. The van der Waals surface area contributed by atoms with E-state index < -0.39 is 10.0 Å². The van der Waals surface area contributed by atoms with Gasteiger partial charge >= 0.3 is 0 Å². The Morgan fingerprint density at radius 3 is 2.51 bits per heavy atom. The van der Waals surface area contributed by atoms with E-state index >= 15 is 0 Å². The zero-order valence-electron chi connectivity index (χ0n) is 20.1. The summed E-state index contributed by atoms with van der Waals surface area (Å²) in [7, 11) is -3.64. The van der Waals surface area contributed by atoms with Crippen LogP contribution in [0.25, 0.3) is 11.4 Å². The number of aromatic nitrogens is 2. The number of aryl methyl sites for hydroxylation is 2. The number of carbonyl (C=O) groups is 1. The third kappa shape index (κ3) is 4.62. The number of benzene rings is 2. The fraction of sp³-hybridized carbons (Fsp3) is 0.423. The van der Waals surface area contributed by atoms with Crippen molar-refractivity contribution in [2.75, 3.05) is 19.6 Å². The summed E-state index contributed by atoms with van der Waals surface area (Å²) in [5, 5.41) is 4.17. The molecule has 1 aromatic heterocycles. The maximum absolute atomic E-state index is 13.6. The highest BCUT2D eigenvalue weighted by Gasteiger charge is 2.40. The van der Waals surface area contributed by atoms with Gasteiger partial charge in [-0.2, -0.15) is 9.29 Å². The zero-order chi connectivity index (χ0) is 24.6. The third-order valence-corrected chi connectivity index (χ3v) is 8.92. The van der Waals surface area contributed by atoms with Crippen molar-refractivity contribution in [2.45, 2.75) is 50.5 Å². The van der Waals surface area contributed by atoms with Crippen LogP contribution in [-0.4, -0.2) is 53.3 Å². The minimum absolute atomic E-state index is 0.0352. The fourth-order valence-corrected chi connectivity index (χ4v) is 6.57. The van der Waals surface area contributed by atoms with Crippen LogP contribution in [0.3, 0.4) is 0 Å². The van der Waals surface area contributed by atoms with Crippen LogP contribution >= 0.6 is 0 Å². The molecule has 2 aliphatic rings. The van der Waals surface area contributed by atoms with E-state index in [0.717, 1.165) is 29.5 Å². The number of nitrogens with zero attached hydrogens (tertiary/aromatic N) is 4. The van der Waals surface area contributed by atoms with Crippen LogP contribution in [0.2, 0.25) is 0 Å². The van der Waals surface area contributed by atoms with Gasteiger partial charge in [-0.05, 0) is 57.2 Å². The second-order valence-corrected chi connectivity index (χ2v) is 11.4. The summed E-state index contributed by atoms with van der Waals surface area (Å²) in [5.41, 5.74) is 2.96. The van der Waals surface area contributed by atoms with Crippen molar-refractivity contribution in [1.82, 2.24) is 19.3 Å². The summed E-state index contributed by atoms with van der Waals surface area (Å²) in [5.74, 6) is 0.537. The minimum atomic E-state index is -3.64. The third-order valence-electron chi connectivity index (χ3n) is 7.04. The Kier molecular flexibility index (Phi) is 6.46. The molecule has 2 atom stereocenters. The lowest BCUT2D eigenvalue weighted by Gasteiger charge is -2.34. The van der Waals surface area contributed by atoms with E-state index in [9.17, 15) is 13.2 Å². The maximum atomic E-state index is 13.6. The first-order valence-electron chi connectivity index (χ1n) is 12.1. The smallest absolute Gasteiger partial charge is 0.249 e. The average molecular weight is 495 g/mol. The number of hydrogen-bond acceptors (Lipinski definition) is 6. The molecule has 0 bridgehead atoms. The topological polar surface area (TPSA) is 96.6 Å². The maximum Gasteiger partial charge on any atom is 0.249 e. The van der Waals surface area contributed by atoms with Gasteiger partial charge < -0.3 is 9.42 Å². The van der Waals surface area contributed by atoms with E-state index in [1.807, 2.05) is 43.0 Å². The van der Waals surface area contributed by atoms with Gasteiger partial charge in [0.25, 0.3) is 0 Å². The molecule has 8 nitrogen and oxygen atoms in total.